The zero-order chi connectivity index (χ0) is 61.8. The Bertz CT molecular complexity index is 4160. The maximum Gasteiger partial charge on any atom is 0.428 e. The van der Waals surface area contributed by atoms with Gasteiger partial charge in [0.15, 0.2) is 21.5 Å². The average molecular weight is 1250 g/mol. The molecule has 8 heterocycles. The number of rotatable bonds is 15. The molecule has 8 aromatic rings. The minimum atomic E-state index is -4.37. The summed E-state index contributed by atoms with van der Waals surface area (Å²) in [6, 6.07) is 21.9. The second-order valence-corrected chi connectivity index (χ2v) is 26.6. The Kier molecular flexibility index (Phi) is 16.4. The first kappa shape index (κ1) is 60.1. The Labute approximate surface area is 503 Å². The Balaban J connectivity index is 0.849. The molecule has 0 radical (unpaired) electrons. The van der Waals surface area contributed by atoms with E-state index in [-0.39, 0.29) is 75.2 Å². The van der Waals surface area contributed by atoms with Gasteiger partial charge in [0, 0.05) is 62.3 Å². The van der Waals surface area contributed by atoms with Gasteiger partial charge in [0.2, 0.25) is 10.0 Å². The van der Waals surface area contributed by atoms with E-state index in [9.17, 15) is 39.6 Å². The molecule has 4 aromatic heterocycles. The molecule has 4 aromatic carbocycles. The van der Waals surface area contributed by atoms with Crippen molar-refractivity contribution in [3.05, 3.63) is 196 Å². The zero-order valence-corrected chi connectivity index (χ0v) is 49.2. The Hall–Kier alpha value is -8.24. The standard InChI is InChI=1S/C61H60F6N13O6S2/c1-87(83,84)49-13-2-38(3-14-49)32-74-21-16-42(17-22-74)56-52(57(81)76-25-20-43(34-76)39-4-9-45(62)10-5-39)31-73-80(56)60-71-29-48(65)35-78(60)54-26-50(88(68,85)86)15-8-44(54)33-75-23-18-41(19-24-75)55-51(30-72-79(55)59-69-27-47(64)28-70-59)58(82)77-36-53(61(66,67)37-77)40-6-11-46(63)12-7-40/h2-15,26-31,35,41-43,53H,16-25,32-34,36-37H2,1H3,(H2,68,85,86)/q+1. The van der Waals surface area contributed by atoms with E-state index in [1.165, 1.54) is 62.7 Å². The van der Waals surface area contributed by atoms with Gasteiger partial charge < -0.3 is 9.80 Å². The first-order chi connectivity index (χ1) is 42.0. The number of hydrogen-bond donors (Lipinski definition) is 1. The van der Waals surface area contributed by atoms with Crippen LogP contribution in [0.1, 0.15) is 110 Å². The molecule has 4 aliphatic heterocycles. The minimum absolute atomic E-state index is 0.0205. The molecule has 2 unspecified atom stereocenters. The van der Waals surface area contributed by atoms with Gasteiger partial charge in [-0.25, -0.2) is 63.0 Å². The summed E-state index contributed by atoms with van der Waals surface area (Å²) < 4.78 is 144. The monoisotopic (exact) mass is 1250 g/mol. The number of nitrogens with two attached hydrogens (primary N) is 1. The molecule has 0 spiro atoms. The lowest BCUT2D eigenvalue weighted by Gasteiger charge is -2.33. The van der Waals surface area contributed by atoms with Crippen molar-refractivity contribution in [1.29, 1.82) is 0 Å². The van der Waals surface area contributed by atoms with E-state index in [0.29, 0.717) is 100 Å². The number of likely N-dealkylation sites (tertiary alicyclic amines) is 4. The van der Waals surface area contributed by atoms with Gasteiger partial charge in [-0.2, -0.15) is 9.67 Å². The Morgan fingerprint density at radius 3 is 1.73 bits per heavy atom. The summed E-state index contributed by atoms with van der Waals surface area (Å²) in [6.07, 6.45) is 10.3. The first-order valence-corrected chi connectivity index (χ1v) is 32.1. The van der Waals surface area contributed by atoms with Crippen LogP contribution in [0.15, 0.2) is 138 Å². The number of aromatic nitrogens is 8. The largest absolute Gasteiger partial charge is 0.428 e. The quantitative estimate of drug-likeness (QED) is 0.0783. The SMILES string of the molecule is CS(=O)(=O)c1ccc(CN2CCC(c3c(C(=O)N4CCC(c5ccc(F)cc5)C4)cnn3-c3ncc(F)c[n+]3-c3cc(S(N)(=O)=O)ccc3CN3CCC(c4c(C(=O)N5CC(c6ccc(F)cc6)C(F)(F)C5)cnn4-c4ncc(F)cn4)CC3)CC2)cc1. The smallest absolute Gasteiger partial charge is 0.338 e. The second-order valence-electron chi connectivity index (χ2n) is 23.0. The van der Waals surface area contributed by atoms with E-state index in [4.69, 9.17) is 10.2 Å². The lowest BCUT2D eigenvalue weighted by molar-refractivity contribution is -0.596. The lowest BCUT2D eigenvalue weighted by atomic mass is 9.90. The maximum atomic E-state index is 16.0. The van der Waals surface area contributed by atoms with Crippen LogP contribution in [0.5, 0.6) is 0 Å². The fourth-order valence-corrected chi connectivity index (χ4v) is 13.9. The van der Waals surface area contributed by atoms with Crippen molar-refractivity contribution in [1.82, 2.24) is 54.1 Å². The van der Waals surface area contributed by atoms with Gasteiger partial charge in [0.05, 0.1) is 63.9 Å². The van der Waals surface area contributed by atoms with E-state index in [1.807, 2.05) is 0 Å². The van der Waals surface area contributed by atoms with E-state index >= 15 is 13.2 Å². The topological polar surface area (TPSA) is 220 Å². The molecule has 19 nitrogen and oxygen atoms in total. The van der Waals surface area contributed by atoms with Crippen LogP contribution in [-0.2, 0) is 33.0 Å². The molecule has 0 saturated carbocycles. The summed E-state index contributed by atoms with van der Waals surface area (Å²) in [6.45, 7) is 1.98. The van der Waals surface area contributed by atoms with Crippen LogP contribution in [0.3, 0.4) is 0 Å². The van der Waals surface area contributed by atoms with Crippen LogP contribution >= 0.6 is 0 Å². The first-order valence-electron chi connectivity index (χ1n) is 28.6. The van der Waals surface area contributed by atoms with Gasteiger partial charge in [-0.15, -0.1) is 9.78 Å². The summed E-state index contributed by atoms with van der Waals surface area (Å²) >= 11 is 0. The molecular formula is C61H60F6N13O6S2+. The van der Waals surface area contributed by atoms with Gasteiger partial charge in [0.25, 0.3) is 23.7 Å². The van der Waals surface area contributed by atoms with Gasteiger partial charge in [0.1, 0.15) is 35.4 Å². The van der Waals surface area contributed by atoms with Crippen LogP contribution < -0.4 is 9.71 Å². The molecule has 4 fully saturated rings. The number of carbonyl (C=O) groups excluding carboxylic acids is 2. The summed E-state index contributed by atoms with van der Waals surface area (Å²) in [7, 11) is -7.77. The highest BCUT2D eigenvalue weighted by molar-refractivity contribution is 7.90. The minimum Gasteiger partial charge on any atom is -0.338 e. The molecule has 12 rings (SSSR count). The molecule has 27 heteroatoms. The van der Waals surface area contributed by atoms with Gasteiger partial charge >= 0.3 is 5.95 Å². The number of hydrogen-bond acceptors (Lipinski definition) is 13. The lowest BCUT2D eigenvalue weighted by Crippen LogP contribution is -2.42. The highest BCUT2D eigenvalue weighted by Gasteiger charge is 2.51. The van der Waals surface area contributed by atoms with Crippen LogP contribution in [0.2, 0.25) is 0 Å². The molecule has 2 atom stereocenters. The normalized spacial score (nSPS) is 19.0. The van der Waals surface area contributed by atoms with Crippen molar-refractivity contribution in [3.8, 4) is 17.6 Å². The maximum absolute atomic E-state index is 16.0. The second kappa shape index (κ2) is 24.0. The van der Waals surface area contributed by atoms with Crippen molar-refractivity contribution in [2.75, 3.05) is 58.6 Å². The Morgan fingerprint density at radius 2 is 1.12 bits per heavy atom. The number of nitrogens with zero attached hydrogens (tertiary/aromatic N) is 12. The molecule has 4 saturated heterocycles. The van der Waals surface area contributed by atoms with Crippen LogP contribution in [0.25, 0.3) is 17.6 Å². The molecule has 0 aliphatic carbocycles. The van der Waals surface area contributed by atoms with E-state index < -0.39 is 67.5 Å². The predicted octanol–water partition coefficient (Wildman–Crippen LogP) is 7.39. The number of piperidine rings is 2. The van der Waals surface area contributed by atoms with Crippen LogP contribution in [-0.4, -0.2) is 147 Å². The van der Waals surface area contributed by atoms with Gasteiger partial charge in [-0.05, 0) is 124 Å². The third-order valence-electron chi connectivity index (χ3n) is 17.3. The highest BCUT2D eigenvalue weighted by Crippen LogP contribution is 2.43. The van der Waals surface area contributed by atoms with Crippen molar-refractivity contribution < 1.29 is 57.3 Å². The van der Waals surface area contributed by atoms with Crippen molar-refractivity contribution in [3.63, 3.8) is 0 Å². The molecule has 4 aliphatic rings. The van der Waals surface area contributed by atoms with Crippen molar-refractivity contribution in [2.45, 2.75) is 84.6 Å². The van der Waals surface area contributed by atoms with E-state index in [1.54, 1.807) is 47.4 Å². The number of sulfone groups is 1. The van der Waals surface area contributed by atoms with Gasteiger partial charge in [-0.1, -0.05) is 47.4 Å². The molecule has 88 heavy (non-hydrogen) atoms. The highest BCUT2D eigenvalue weighted by atomic mass is 32.2. The number of primary sulfonamides is 1. The fraction of sp³-hybridized carbons (Fsp3) is 0.344. The molecule has 458 valence electrons. The molecule has 2 amide bonds. The zero-order valence-electron chi connectivity index (χ0n) is 47.5. The average Bonchev–Trinajstić information content (AvgIpc) is 2.23. The number of amides is 2. The number of halogens is 6. The number of alkyl halides is 2. The number of carbonyl (C=O) groups is 2. The van der Waals surface area contributed by atoms with Crippen molar-refractivity contribution >= 4 is 31.7 Å². The summed E-state index contributed by atoms with van der Waals surface area (Å²) in [4.78, 5) is 49.2. The molecular weight excluding hydrogens is 1190 g/mol. The number of benzene rings is 4. The Morgan fingerprint density at radius 1 is 0.591 bits per heavy atom. The third kappa shape index (κ3) is 12.5. The predicted molar refractivity (Wildman–Crippen MR) is 307 cm³/mol. The van der Waals surface area contributed by atoms with Gasteiger partial charge in [-0.3, -0.25) is 19.4 Å². The van der Waals surface area contributed by atoms with Crippen molar-refractivity contribution in [2.24, 2.45) is 5.14 Å². The summed E-state index contributed by atoms with van der Waals surface area (Å²) in [5.74, 6) is -9.13. The molecule has 2 N–H and O–H groups in total. The van der Waals surface area contributed by atoms with Crippen LogP contribution in [0, 0.1) is 23.3 Å². The fourth-order valence-electron chi connectivity index (χ4n) is 12.7. The van der Waals surface area contributed by atoms with Crippen LogP contribution in [0.4, 0.5) is 26.3 Å². The molecule has 0 bridgehead atoms. The third-order valence-corrected chi connectivity index (χ3v) is 19.3. The summed E-state index contributed by atoms with van der Waals surface area (Å²) in [5, 5.41) is 15.0. The number of sulfonamides is 1. The van der Waals surface area contributed by atoms with E-state index in [2.05, 4.69) is 29.9 Å². The summed E-state index contributed by atoms with van der Waals surface area (Å²) in [5.41, 5.74) is 3.78. The van der Waals surface area contributed by atoms with E-state index in [0.717, 1.165) is 59.2 Å².